The lowest BCUT2D eigenvalue weighted by molar-refractivity contribution is -0.138. The van der Waals surface area contributed by atoms with Crippen molar-refractivity contribution >= 4 is 12.4 Å². The molecule has 6 heteroatoms. The second-order valence-corrected chi connectivity index (χ2v) is 3.17. The summed E-state index contributed by atoms with van der Waals surface area (Å²) in [6.07, 6.45) is -4.54. The minimum atomic E-state index is -4.44. The van der Waals surface area contributed by atoms with E-state index >= 15 is 0 Å². The zero-order valence-electron chi connectivity index (χ0n) is 8.30. The lowest BCUT2D eigenvalue weighted by atomic mass is 9.99. The average Bonchev–Trinajstić information content (AvgIpc) is 2.17. The van der Waals surface area contributed by atoms with Gasteiger partial charge >= 0.3 is 6.18 Å². The van der Waals surface area contributed by atoms with Gasteiger partial charge in [-0.25, -0.2) is 0 Å². The molecule has 0 unspecified atom stereocenters. The maximum absolute atomic E-state index is 12.5. The zero-order chi connectivity index (χ0) is 11.5. The van der Waals surface area contributed by atoms with Crippen LogP contribution in [0.4, 0.5) is 17.6 Å². The number of nitrogens with two attached hydrogens (primary N) is 1. The number of rotatable bonds is 3. The smallest absolute Gasteiger partial charge is 0.324 e. The molecule has 16 heavy (non-hydrogen) atoms. The summed E-state index contributed by atoms with van der Waals surface area (Å²) in [6, 6.07) is 4.07. The van der Waals surface area contributed by atoms with E-state index in [1.54, 1.807) is 0 Å². The molecule has 1 rings (SSSR count). The summed E-state index contributed by atoms with van der Waals surface area (Å²) >= 11 is 0. The number of hydrogen-bond donors (Lipinski definition) is 1. The third-order valence-corrected chi connectivity index (χ3v) is 2.09. The molecule has 1 aromatic rings. The predicted octanol–water partition coefficient (Wildman–Crippen LogP) is 3.49. The van der Waals surface area contributed by atoms with Gasteiger partial charge in [-0.15, -0.1) is 12.4 Å². The number of alkyl halides is 4. The van der Waals surface area contributed by atoms with E-state index in [0.717, 1.165) is 6.07 Å². The second-order valence-electron chi connectivity index (χ2n) is 3.17. The van der Waals surface area contributed by atoms with E-state index in [4.69, 9.17) is 5.73 Å². The van der Waals surface area contributed by atoms with Crippen molar-refractivity contribution in [3.8, 4) is 0 Å². The van der Waals surface area contributed by atoms with E-state index in [0.29, 0.717) is 0 Å². The fraction of sp³-hybridized carbons (Fsp3) is 0.400. The van der Waals surface area contributed by atoms with Gasteiger partial charge < -0.3 is 5.73 Å². The Hall–Kier alpha value is -0.810. The first-order valence-corrected chi connectivity index (χ1v) is 4.44. The second kappa shape index (κ2) is 6.06. The van der Waals surface area contributed by atoms with Crippen LogP contribution in [0.25, 0.3) is 0 Å². The highest BCUT2D eigenvalue weighted by Gasteiger charge is 2.34. The summed E-state index contributed by atoms with van der Waals surface area (Å²) in [4.78, 5) is 0. The van der Waals surface area contributed by atoms with E-state index in [1.165, 1.54) is 18.2 Å². The highest BCUT2D eigenvalue weighted by molar-refractivity contribution is 5.85. The van der Waals surface area contributed by atoms with Crippen LogP contribution in [0.15, 0.2) is 24.3 Å². The van der Waals surface area contributed by atoms with Crippen LogP contribution in [0.2, 0.25) is 0 Å². The Kier molecular flexibility index (Phi) is 5.75. The van der Waals surface area contributed by atoms with Crippen molar-refractivity contribution in [3.63, 3.8) is 0 Å². The molecule has 92 valence electrons. The van der Waals surface area contributed by atoms with Crippen LogP contribution in [0.3, 0.4) is 0 Å². The molecule has 0 radical (unpaired) electrons. The summed E-state index contributed by atoms with van der Waals surface area (Å²) in [5.41, 5.74) is 4.62. The molecule has 0 saturated carbocycles. The van der Waals surface area contributed by atoms with Gasteiger partial charge in [-0.05, 0) is 18.1 Å². The zero-order valence-corrected chi connectivity index (χ0v) is 9.11. The van der Waals surface area contributed by atoms with E-state index in [9.17, 15) is 17.6 Å². The van der Waals surface area contributed by atoms with Gasteiger partial charge in [-0.1, -0.05) is 18.2 Å². The Morgan fingerprint density at radius 3 is 2.25 bits per heavy atom. The minimum Gasteiger partial charge on any atom is -0.324 e. The van der Waals surface area contributed by atoms with Crippen LogP contribution >= 0.6 is 12.4 Å². The van der Waals surface area contributed by atoms with Gasteiger partial charge in [0.25, 0.3) is 0 Å². The maximum atomic E-state index is 12.5. The normalized spacial score (nSPS) is 13.1. The van der Waals surface area contributed by atoms with Gasteiger partial charge in [0, 0.05) is 6.04 Å². The Balaban J connectivity index is 0.00000225. The molecule has 2 N–H and O–H groups in total. The SMILES string of the molecule is Cl.N[C@@H](CCF)c1ccccc1C(F)(F)F. The standard InChI is InChI=1S/C10H11F4N.ClH/c11-6-5-9(15)7-3-1-2-4-8(7)10(12,13)14;/h1-4,9H,5-6,15H2;1H/t9-;/m0./s1. The molecular weight excluding hydrogens is 246 g/mol. The number of benzene rings is 1. The lowest BCUT2D eigenvalue weighted by Gasteiger charge is -2.16. The summed E-state index contributed by atoms with van der Waals surface area (Å²) in [7, 11) is 0. The maximum Gasteiger partial charge on any atom is 0.416 e. The van der Waals surface area contributed by atoms with Crippen LogP contribution in [-0.4, -0.2) is 6.67 Å². The number of halogens is 5. The predicted molar refractivity (Wildman–Crippen MR) is 56.2 cm³/mol. The first kappa shape index (κ1) is 15.2. The van der Waals surface area contributed by atoms with E-state index in [2.05, 4.69) is 0 Å². The van der Waals surface area contributed by atoms with Crippen molar-refractivity contribution in [1.82, 2.24) is 0 Å². The van der Waals surface area contributed by atoms with Gasteiger partial charge in [0.1, 0.15) is 0 Å². The molecule has 0 amide bonds. The molecule has 0 heterocycles. The van der Waals surface area contributed by atoms with E-state index in [1.807, 2.05) is 0 Å². The van der Waals surface area contributed by atoms with Crippen molar-refractivity contribution in [2.75, 3.05) is 6.67 Å². The highest BCUT2D eigenvalue weighted by atomic mass is 35.5. The van der Waals surface area contributed by atoms with Gasteiger partial charge in [0.2, 0.25) is 0 Å². The molecule has 0 bridgehead atoms. The molecule has 0 saturated heterocycles. The van der Waals surface area contributed by atoms with Crippen molar-refractivity contribution in [1.29, 1.82) is 0 Å². The Morgan fingerprint density at radius 1 is 1.19 bits per heavy atom. The van der Waals surface area contributed by atoms with E-state index < -0.39 is 24.5 Å². The molecule has 0 aromatic heterocycles. The highest BCUT2D eigenvalue weighted by Crippen LogP contribution is 2.34. The van der Waals surface area contributed by atoms with E-state index in [-0.39, 0.29) is 24.4 Å². The fourth-order valence-corrected chi connectivity index (χ4v) is 1.35. The Bertz CT molecular complexity index is 327. The Morgan fingerprint density at radius 2 is 1.75 bits per heavy atom. The van der Waals surface area contributed by atoms with Crippen molar-refractivity contribution in [2.24, 2.45) is 5.73 Å². The van der Waals surface area contributed by atoms with Crippen molar-refractivity contribution in [3.05, 3.63) is 35.4 Å². The van der Waals surface area contributed by atoms with Crippen LogP contribution < -0.4 is 5.73 Å². The van der Waals surface area contributed by atoms with Gasteiger partial charge in [0.15, 0.2) is 0 Å². The third kappa shape index (κ3) is 3.64. The number of hydrogen-bond acceptors (Lipinski definition) is 1. The quantitative estimate of drug-likeness (QED) is 0.824. The molecule has 0 spiro atoms. The monoisotopic (exact) mass is 257 g/mol. The van der Waals surface area contributed by atoms with Gasteiger partial charge in [-0.2, -0.15) is 13.2 Å². The van der Waals surface area contributed by atoms with Crippen LogP contribution in [-0.2, 0) is 6.18 Å². The molecule has 1 nitrogen and oxygen atoms in total. The van der Waals surface area contributed by atoms with Crippen LogP contribution in [0.5, 0.6) is 0 Å². The molecular formula is C10H12ClF4N. The molecule has 0 aliphatic heterocycles. The summed E-state index contributed by atoms with van der Waals surface area (Å²) < 4.78 is 49.5. The van der Waals surface area contributed by atoms with Crippen LogP contribution in [0, 0.1) is 0 Å². The molecule has 0 fully saturated rings. The fourth-order valence-electron chi connectivity index (χ4n) is 1.35. The minimum absolute atomic E-state index is 0. The molecule has 0 aliphatic carbocycles. The first-order valence-electron chi connectivity index (χ1n) is 4.44. The third-order valence-electron chi connectivity index (χ3n) is 2.09. The molecule has 1 atom stereocenters. The summed E-state index contributed by atoms with van der Waals surface area (Å²) in [6.45, 7) is -0.729. The van der Waals surface area contributed by atoms with Crippen LogP contribution in [0.1, 0.15) is 23.6 Å². The Labute approximate surface area is 97.0 Å². The average molecular weight is 258 g/mol. The molecule has 1 aromatic carbocycles. The van der Waals surface area contributed by atoms with Gasteiger partial charge in [-0.3, -0.25) is 4.39 Å². The first-order chi connectivity index (χ1) is 6.96. The topological polar surface area (TPSA) is 26.0 Å². The van der Waals surface area contributed by atoms with Crippen molar-refractivity contribution < 1.29 is 17.6 Å². The summed E-state index contributed by atoms with van der Waals surface area (Å²) in [5, 5.41) is 0. The largest absolute Gasteiger partial charge is 0.416 e. The molecule has 0 aliphatic rings. The summed E-state index contributed by atoms with van der Waals surface area (Å²) in [5.74, 6) is 0. The van der Waals surface area contributed by atoms with Gasteiger partial charge in [0.05, 0.1) is 12.2 Å². The lowest BCUT2D eigenvalue weighted by Crippen LogP contribution is -2.17. The van der Waals surface area contributed by atoms with Crippen molar-refractivity contribution in [2.45, 2.75) is 18.6 Å².